The molecule has 1 atom stereocenters. The highest BCUT2D eigenvalue weighted by Gasteiger charge is 2.34. The molecule has 0 saturated heterocycles. The molecule has 1 fully saturated rings. The Labute approximate surface area is 266 Å². The van der Waals surface area contributed by atoms with Crippen molar-refractivity contribution < 1.29 is 18.0 Å². The maximum atomic E-state index is 14.2. The van der Waals surface area contributed by atoms with Gasteiger partial charge in [-0.3, -0.25) is 13.9 Å². The molecular formula is C30H31Cl4N3O4S. The summed E-state index contributed by atoms with van der Waals surface area (Å²) in [5.74, 6) is -0.902. The number of carbonyl (C=O) groups is 2. The fraction of sp³-hybridized carbons (Fsp3) is 0.333. The van der Waals surface area contributed by atoms with Gasteiger partial charge in [-0.25, -0.2) is 8.42 Å². The Morgan fingerprint density at radius 1 is 0.881 bits per heavy atom. The van der Waals surface area contributed by atoms with Gasteiger partial charge in [0.05, 0.1) is 22.0 Å². The summed E-state index contributed by atoms with van der Waals surface area (Å²) in [6, 6.07) is 17.7. The first kappa shape index (κ1) is 32.4. The number of amides is 2. The van der Waals surface area contributed by atoms with Crippen LogP contribution in [0.4, 0.5) is 5.69 Å². The van der Waals surface area contributed by atoms with Crippen LogP contribution in [0, 0.1) is 0 Å². The predicted octanol–water partition coefficient (Wildman–Crippen LogP) is 6.77. The molecule has 0 radical (unpaired) electrons. The van der Waals surface area contributed by atoms with E-state index in [9.17, 15) is 18.0 Å². The molecule has 0 spiro atoms. The van der Waals surface area contributed by atoms with Crippen LogP contribution in [-0.4, -0.2) is 50.0 Å². The van der Waals surface area contributed by atoms with E-state index in [1.54, 1.807) is 18.2 Å². The van der Waals surface area contributed by atoms with E-state index in [1.165, 1.54) is 23.1 Å². The van der Waals surface area contributed by atoms with Gasteiger partial charge >= 0.3 is 0 Å². The van der Waals surface area contributed by atoms with E-state index < -0.39 is 28.5 Å². The van der Waals surface area contributed by atoms with Crippen LogP contribution in [0.1, 0.15) is 36.8 Å². The number of anilines is 1. The molecular weight excluding hydrogens is 640 g/mol. The molecule has 3 aromatic rings. The summed E-state index contributed by atoms with van der Waals surface area (Å²) in [6.07, 6.45) is 4.97. The summed E-state index contributed by atoms with van der Waals surface area (Å²) in [6.45, 7) is -0.599. The zero-order valence-corrected chi connectivity index (χ0v) is 26.7. The van der Waals surface area contributed by atoms with Crippen molar-refractivity contribution in [1.29, 1.82) is 0 Å². The first-order valence-electron chi connectivity index (χ1n) is 13.4. The second-order valence-electron chi connectivity index (χ2n) is 10.4. The second-order valence-corrected chi connectivity index (χ2v) is 14.0. The van der Waals surface area contributed by atoms with Gasteiger partial charge in [0.15, 0.2) is 0 Å². The number of halogens is 4. The summed E-state index contributed by atoms with van der Waals surface area (Å²) in [7, 11) is -3.96. The van der Waals surface area contributed by atoms with Gasteiger partial charge in [0.25, 0.3) is 0 Å². The van der Waals surface area contributed by atoms with Gasteiger partial charge < -0.3 is 10.2 Å². The van der Waals surface area contributed by atoms with Crippen LogP contribution >= 0.6 is 46.4 Å². The Balaban J connectivity index is 1.75. The van der Waals surface area contributed by atoms with Crippen LogP contribution in [0.3, 0.4) is 0 Å². The molecule has 0 bridgehead atoms. The summed E-state index contributed by atoms with van der Waals surface area (Å²) in [5.41, 5.74) is 1.60. The minimum absolute atomic E-state index is 0.0128. The standard InChI is InChI=1S/C30H31Cl4N3O4S/c1-42(40,41)37(25-16-22(31)15-23(32)17-25)19-29(38)36(18-21-11-12-26(33)27(34)13-21)28(14-20-7-3-2-4-8-20)30(39)35-24-9-5-6-10-24/h2-4,7-8,11-13,15-17,24,28H,5-6,9-10,14,18-19H2,1H3,(H,35,39). The maximum absolute atomic E-state index is 14.2. The van der Waals surface area contributed by atoms with E-state index >= 15 is 0 Å². The highest BCUT2D eigenvalue weighted by Crippen LogP contribution is 2.29. The molecule has 0 aliphatic heterocycles. The van der Waals surface area contributed by atoms with Gasteiger partial charge in [-0.05, 0) is 54.3 Å². The van der Waals surface area contributed by atoms with Gasteiger partial charge in [0, 0.05) is 29.1 Å². The smallest absolute Gasteiger partial charge is 0.244 e. The number of nitrogens with zero attached hydrogens (tertiary/aromatic N) is 2. The molecule has 0 aromatic heterocycles. The van der Waals surface area contributed by atoms with Crippen molar-refractivity contribution in [2.24, 2.45) is 0 Å². The van der Waals surface area contributed by atoms with Gasteiger partial charge in [-0.1, -0.05) is 95.6 Å². The van der Waals surface area contributed by atoms with Gasteiger partial charge in [0.2, 0.25) is 21.8 Å². The Bertz CT molecular complexity index is 1510. The summed E-state index contributed by atoms with van der Waals surface area (Å²) in [5, 5.41) is 4.19. The van der Waals surface area contributed by atoms with Crippen LogP contribution in [0.15, 0.2) is 66.7 Å². The quantitative estimate of drug-likeness (QED) is 0.244. The van der Waals surface area contributed by atoms with Crippen LogP contribution in [0.5, 0.6) is 0 Å². The normalized spacial score (nSPS) is 14.4. The van der Waals surface area contributed by atoms with Crippen molar-refractivity contribution in [2.75, 3.05) is 17.1 Å². The van der Waals surface area contributed by atoms with E-state index in [1.807, 2.05) is 30.3 Å². The van der Waals surface area contributed by atoms with Crippen molar-refractivity contribution in [3.63, 3.8) is 0 Å². The molecule has 12 heteroatoms. The SMILES string of the molecule is CS(=O)(=O)N(CC(=O)N(Cc1ccc(Cl)c(Cl)c1)C(Cc1ccccc1)C(=O)NC1CCCC1)c1cc(Cl)cc(Cl)c1. The first-order chi connectivity index (χ1) is 19.9. The number of rotatable bonds is 11. The molecule has 1 aliphatic rings. The van der Waals surface area contributed by atoms with Gasteiger partial charge in [-0.2, -0.15) is 0 Å². The minimum atomic E-state index is -3.96. The molecule has 1 unspecified atom stereocenters. The second kappa shape index (κ2) is 14.3. The molecule has 4 rings (SSSR count). The van der Waals surface area contributed by atoms with Crippen molar-refractivity contribution in [2.45, 2.75) is 50.7 Å². The number of hydrogen-bond donors (Lipinski definition) is 1. The predicted molar refractivity (Wildman–Crippen MR) is 170 cm³/mol. The van der Waals surface area contributed by atoms with Crippen molar-refractivity contribution in [3.8, 4) is 0 Å². The third-order valence-electron chi connectivity index (χ3n) is 7.12. The summed E-state index contributed by atoms with van der Waals surface area (Å²) in [4.78, 5) is 29.5. The Morgan fingerprint density at radius 2 is 1.52 bits per heavy atom. The average molecular weight is 671 g/mol. The minimum Gasteiger partial charge on any atom is -0.352 e. The largest absolute Gasteiger partial charge is 0.352 e. The Hall–Kier alpha value is -2.49. The number of benzene rings is 3. The zero-order valence-electron chi connectivity index (χ0n) is 22.9. The fourth-order valence-electron chi connectivity index (χ4n) is 5.05. The van der Waals surface area contributed by atoms with Crippen molar-refractivity contribution in [1.82, 2.24) is 10.2 Å². The maximum Gasteiger partial charge on any atom is 0.244 e. The molecule has 1 N–H and O–H groups in total. The highest BCUT2D eigenvalue weighted by molar-refractivity contribution is 7.92. The summed E-state index contributed by atoms with van der Waals surface area (Å²) < 4.78 is 26.8. The molecule has 3 aromatic carbocycles. The molecule has 224 valence electrons. The fourth-order valence-corrected chi connectivity index (χ4v) is 6.72. The van der Waals surface area contributed by atoms with E-state index in [0.29, 0.717) is 15.6 Å². The third kappa shape index (κ3) is 8.77. The van der Waals surface area contributed by atoms with E-state index in [-0.39, 0.29) is 40.6 Å². The van der Waals surface area contributed by atoms with Crippen LogP contribution in [-0.2, 0) is 32.6 Å². The number of sulfonamides is 1. The summed E-state index contributed by atoms with van der Waals surface area (Å²) >= 11 is 24.8. The zero-order chi connectivity index (χ0) is 30.4. The van der Waals surface area contributed by atoms with Crippen LogP contribution in [0.2, 0.25) is 20.1 Å². The lowest BCUT2D eigenvalue weighted by molar-refractivity contribution is -0.140. The number of nitrogens with one attached hydrogen (secondary N) is 1. The molecule has 1 saturated carbocycles. The third-order valence-corrected chi connectivity index (χ3v) is 9.44. The monoisotopic (exact) mass is 669 g/mol. The molecule has 0 heterocycles. The molecule has 1 aliphatic carbocycles. The Morgan fingerprint density at radius 3 is 2.12 bits per heavy atom. The number of hydrogen-bond acceptors (Lipinski definition) is 4. The molecule has 42 heavy (non-hydrogen) atoms. The Kier molecular flexibility index (Phi) is 11.1. The van der Waals surface area contributed by atoms with Gasteiger partial charge in [-0.15, -0.1) is 0 Å². The topological polar surface area (TPSA) is 86.8 Å². The highest BCUT2D eigenvalue weighted by atomic mass is 35.5. The van der Waals surface area contributed by atoms with E-state index in [0.717, 1.165) is 41.8 Å². The molecule has 7 nitrogen and oxygen atoms in total. The number of carbonyl (C=O) groups excluding carboxylic acids is 2. The lowest BCUT2D eigenvalue weighted by atomic mass is 10.0. The van der Waals surface area contributed by atoms with E-state index in [4.69, 9.17) is 46.4 Å². The van der Waals surface area contributed by atoms with Crippen molar-refractivity contribution in [3.05, 3.63) is 97.9 Å². The average Bonchev–Trinajstić information content (AvgIpc) is 3.43. The van der Waals surface area contributed by atoms with Crippen LogP contribution in [0.25, 0.3) is 0 Å². The van der Waals surface area contributed by atoms with Crippen LogP contribution < -0.4 is 9.62 Å². The van der Waals surface area contributed by atoms with Crippen molar-refractivity contribution >= 4 is 73.9 Å². The van der Waals surface area contributed by atoms with E-state index in [2.05, 4.69) is 5.32 Å². The molecule has 2 amide bonds. The lowest BCUT2D eigenvalue weighted by Gasteiger charge is -2.34. The lowest BCUT2D eigenvalue weighted by Crippen LogP contribution is -2.54. The van der Waals surface area contributed by atoms with Gasteiger partial charge in [0.1, 0.15) is 12.6 Å². The first-order valence-corrected chi connectivity index (χ1v) is 16.8.